The molecule has 17 nitrogen and oxygen atoms in total. The Bertz CT molecular complexity index is 5020. The van der Waals surface area contributed by atoms with Gasteiger partial charge in [-0.15, -0.1) is 0 Å². The molecule has 8 aromatic carbocycles. The van der Waals surface area contributed by atoms with Crippen molar-refractivity contribution in [2.24, 2.45) is 0 Å². The molecule has 0 spiro atoms. The van der Waals surface area contributed by atoms with Crippen LogP contribution in [-0.4, -0.2) is 90.3 Å². The fourth-order valence-corrected chi connectivity index (χ4v) is 13.5. The number of imide groups is 2. The summed E-state index contributed by atoms with van der Waals surface area (Å²) in [6.07, 6.45) is -5.74. The predicted molar refractivity (Wildman–Crippen MR) is 317 cm³/mol. The Hall–Kier alpha value is -9.74. The van der Waals surface area contributed by atoms with Crippen LogP contribution >= 0.6 is 0 Å². The maximum Gasteiger partial charge on any atom is 0.259 e. The summed E-state index contributed by atoms with van der Waals surface area (Å²) in [5.74, 6) is -5.55. The molecule has 12 aromatic rings. The lowest BCUT2D eigenvalue weighted by atomic mass is 9.96. The molecule has 7 atom stereocenters. The first kappa shape index (κ1) is 54.9. The quantitative estimate of drug-likeness (QED) is 0.0589. The van der Waals surface area contributed by atoms with E-state index < -0.39 is 89.6 Å². The van der Waals surface area contributed by atoms with Gasteiger partial charge >= 0.3 is 0 Å². The number of hydrogen-bond acceptors (Lipinski definition) is 11. The monoisotopic (exact) mass is 1190 g/mol. The highest BCUT2D eigenvalue weighted by molar-refractivity contribution is 6.41. The van der Waals surface area contributed by atoms with Gasteiger partial charge in [-0.2, -0.15) is 0 Å². The van der Waals surface area contributed by atoms with Gasteiger partial charge in [0.15, 0.2) is 12.0 Å². The number of aromatic amines is 2. The van der Waals surface area contributed by atoms with Gasteiger partial charge in [0, 0.05) is 74.1 Å². The zero-order valence-corrected chi connectivity index (χ0v) is 46.7. The van der Waals surface area contributed by atoms with Crippen molar-refractivity contribution < 1.29 is 70.6 Å². The van der Waals surface area contributed by atoms with E-state index in [1.165, 1.54) is 67.8 Å². The third kappa shape index (κ3) is 8.51. The van der Waals surface area contributed by atoms with Crippen LogP contribution in [0.4, 0.5) is 17.6 Å². The summed E-state index contributed by atoms with van der Waals surface area (Å²) < 4.78 is 93.8. The standard InChI is InChI=1S/C40H29F2N3O5.C27H21F2N3O6/c1-21-16-30(48-19-22-8-4-2-5-9-22)37(49-20-23-10-6-3-7-11-23)40(50-21)45-29-15-13-25(42)18-27(29)32-34-33(38(46)44-39(34)47)31-26-17-24(41)12-14-28(26)43-35(31)36(32)45;1-27(37-2)9-16(33)23(34)26(38-27)32-15-6-4-11(29)8-13(15)18-20-19(24(35)31-25(20)36)17-12-7-10(28)3-5-14(12)30-21(17)22(18)32/h2-15,17-18,30,37,40,43H,1,16,19-20H2,(H,44,46,47);3-8,16,23,26,30,33-34H,9H2,1-2H3,(H,31,35,36). The largest absolute Gasteiger partial charge is 0.472 e. The topological polar surface area (TPSA) is 220 Å². The molecule has 0 aliphatic carbocycles. The van der Waals surface area contributed by atoms with Crippen molar-refractivity contribution in [2.45, 2.75) is 75.6 Å². The Morgan fingerprint density at radius 1 is 0.580 bits per heavy atom. The number of amides is 4. The molecule has 21 heteroatoms. The number of aliphatic hydroxyl groups is 2. The third-order valence-electron chi connectivity index (χ3n) is 17.3. The van der Waals surface area contributed by atoms with Crippen LogP contribution in [0.15, 0.2) is 146 Å². The van der Waals surface area contributed by atoms with E-state index in [1.807, 2.05) is 65.2 Å². The minimum Gasteiger partial charge on any atom is -0.472 e. The zero-order valence-electron chi connectivity index (χ0n) is 46.7. The molecule has 2 fully saturated rings. The highest BCUT2D eigenvalue weighted by Crippen LogP contribution is 2.50. The number of ether oxygens (including phenoxy) is 5. The lowest BCUT2D eigenvalue weighted by Crippen LogP contribution is -2.51. The average molecular weight is 1190 g/mol. The van der Waals surface area contributed by atoms with Gasteiger partial charge in [-0.3, -0.25) is 34.4 Å². The van der Waals surface area contributed by atoms with Gasteiger partial charge in [-0.25, -0.2) is 17.6 Å². The SMILES string of the molecule is C=C1CC(OCc2ccccc2)C(OCc2ccccc2)C(n2c3ccc(F)cc3c3c4c(c5c6cc(F)ccc6[nH]c5c32)C(=O)NC4=O)O1.COC1(C)CC(O)C(O)C(n2c3ccc(F)cc3c3c4c(c5c6cc(F)ccc6[nH]c5c32)C(=O)NC4=O)O1. The number of carbonyl (C=O) groups is 4. The summed E-state index contributed by atoms with van der Waals surface area (Å²) in [6.45, 7) is 6.37. The van der Waals surface area contributed by atoms with Crippen molar-refractivity contribution in [2.75, 3.05) is 7.11 Å². The van der Waals surface area contributed by atoms with E-state index in [9.17, 15) is 42.6 Å². The Morgan fingerprint density at radius 2 is 1.01 bits per heavy atom. The van der Waals surface area contributed by atoms with Crippen LogP contribution in [0.5, 0.6) is 0 Å². The van der Waals surface area contributed by atoms with Gasteiger partial charge in [-0.05, 0) is 90.8 Å². The second-order valence-electron chi connectivity index (χ2n) is 22.7. The molecule has 7 unspecified atom stereocenters. The van der Waals surface area contributed by atoms with Crippen molar-refractivity contribution in [1.29, 1.82) is 0 Å². The highest BCUT2D eigenvalue weighted by atomic mass is 19.1. The molecule has 88 heavy (non-hydrogen) atoms. The molecular weight excluding hydrogens is 1140 g/mol. The number of aromatic nitrogens is 4. The van der Waals surface area contributed by atoms with Crippen molar-refractivity contribution in [1.82, 2.24) is 29.7 Å². The minimum absolute atomic E-state index is 0.0114. The van der Waals surface area contributed by atoms with Gasteiger partial charge in [0.1, 0.15) is 35.5 Å². The molecule has 0 radical (unpaired) electrons. The molecule has 4 amide bonds. The van der Waals surface area contributed by atoms with E-state index in [0.29, 0.717) is 101 Å². The number of benzene rings is 8. The number of carbonyl (C=O) groups excluding carboxylic acids is 4. The molecule has 4 aromatic heterocycles. The number of halogens is 4. The average Bonchev–Trinajstić information content (AvgIpc) is 1.54. The second kappa shape index (κ2) is 20.4. The first-order valence-corrected chi connectivity index (χ1v) is 28.2. The first-order valence-electron chi connectivity index (χ1n) is 28.2. The lowest BCUT2D eigenvalue weighted by Gasteiger charge is -2.43. The van der Waals surface area contributed by atoms with E-state index in [4.69, 9.17) is 23.7 Å². The summed E-state index contributed by atoms with van der Waals surface area (Å²) in [5, 5.41) is 29.4. The Labute approximate surface area is 494 Å². The fourth-order valence-electron chi connectivity index (χ4n) is 13.5. The summed E-state index contributed by atoms with van der Waals surface area (Å²) in [5.41, 5.74) is 5.74. The zero-order chi connectivity index (χ0) is 60.8. The number of aliphatic hydroxyl groups excluding tert-OH is 2. The van der Waals surface area contributed by atoms with Crippen LogP contribution in [0.25, 0.3) is 87.2 Å². The van der Waals surface area contributed by atoms with Gasteiger partial charge < -0.3 is 48.4 Å². The molecular formula is C67H50F4N6O11. The highest BCUT2D eigenvalue weighted by Gasteiger charge is 2.48. The summed E-state index contributed by atoms with van der Waals surface area (Å²) in [7, 11) is 1.41. The number of hydrogen-bond donors (Lipinski definition) is 6. The summed E-state index contributed by atoms with van der Waals surface area (Å²) in [4.78, 5) is 59.9. The van der Waals surface area contributed by atoms with Crippen LogP contribution < -0.4 is 10.6 Å². The summed E-state index contributed by atoms with van der Waals surface area (Å²) in [6, 6.07) is 36.0. The van der Waals surface area contributed by atoms with Crippen molar-refractivity contribution in [3.05, 3.63) is 202 Å². The Morgan fingerprint density at radius 3 is 1.49 bits per heavy atom. The molecule has 4 aliphatic rings. The number of nitrogens with one attached hydrogen (secondary N) is 4. The predicted octanol–water partition coefficient (Wildman–Crippen LogP) is 11.8. The van der Waals surface area contributed by atoms with Gasteiger partial charge in [-0.1, -0.05) is 67.2 Å². The van der Waals surface area contributed by atoms with Gasteiger partial charge in [0.2, 0.25) is 6.23 Å². The Kier molecular flexibility index (Phi) is 12.7. The van der Waals surface area contributed by atoms with Crippen LogP contribution in [0.2, 0.25) is 0 Å². The smallest absolute Gasteiger partial charge is 0.259 e. The number of H-pyrrole nitrogens is 2. The van der Waals surface area contributed by atoms with Crippen LogP contribution in [0, 0.1) is 23.3 Å². The molecule has 8 heterocycles. The van der Waals surface area contributed by atoms with Gasteiger partial charge in [0.05, 0.1) is 86.5 Å². The Balaban J connectivity index is 0.000000153. The fraction of sp³-hybridized carbons (Fsp3) is 0.194. The molecule has 4 aliphatic heterocycles. The maximum absolute atomic E-state index is 15.1. The summed E-state index contributed by atoms with van der Waals surface area (Å²) >= 11 is 0. The molecule has 442 valence electrons. The molecule has 2 saturated heterocycles. The van der Waals surface area contributed by atoms with Crippen LogP contribution in [0.3, 0.4) is 0 Å². The molecule has 6 N–H and O–H groups in total. The van der Waals surface area contributed by atoms with Crippen molar-refractivity contribution in [3.63, 3.8) is 0 Å². The van der Waals surface area contributed by atoms with E-state index in [2.05, 4.69) is 27.2 Å². The normalized spacial score (nSPS) is 21.9. The van der Waals surface area contributed by atoms with Crippen LogP contribution in [0.1, 0.15) is 84.8 Å². The van der Waals surface area contributed by atoms with Crippen molar-refractivity contribution >= 4 is 111 Å². The molecule has 16 rings (SSSR count). The number of nitrogens with zero attached hydrogens (tertiary/aromatic N) is 2. The van der Waals surface area contributed by atoms with E-state index >= 15 is 4.39 Å². The molecule has 0 saturated carbocycles. The number of methoxy groups -OCH3 is 1. The number of fused-ring (bicyclic) bond motifs is 20. The van der Waals surface area contributed by atoms with E-state index in [1.54, 1.807) is 23.6 Å². The van der Waals surface area contributed by atoms with Gasteiger partial charge in [0.25, 0.3) is 23.6 Å². The van der Waals surface area contributed by atoms with Crippen LogP contribution in [-0.2, 0) is 36.9 Å². The lowest BCUT2D eigenvalue weighted by molar-refractivity contribution is -0.319. The van der Waals surface area contributed by atoms with Crippen molar-refractivity contribution in [3.8, 4) is 0 Å². The van der Waals surface area contributed by atoms with E-state index in [-0.39, 0.29) is 40.7 Å². The third-order valence-corrected chi connectivity index (χ3v) is 17.3. The first-order chi connectivity index (χ1) is 42.5. The maximum atomic E-state index is 15.1. The minimum atomic E-state index is -1.43. The van der Waals surface area contributed by atoms with E-state index in [0.717, 1.165) is 11.1 Å². The number of rotatable bonds is 9. The molecule has 0 bridgehead atoms. The second-order valence-corrected chi connectivity index (χ2v) is 22.7.